The molecule has 1 aromatic carbocycles. The van der Waals surface area contributed by atoms with E-state index in [4.69, 9.17) is 0 Å². The molecule has 2 N–H and O–H groups in total. The lowest BCUT2D eigenvalue weighted by Crippen LogP contribution is -2.34. The molecule has 0 heterocycles. The van der Waals surface area contributed by atoms with Crippen LogP contribution >= 0.6 is 0 Å². The van der Waals surface area contributed by atoms with Gasteiger partial charge in [-0.25, -0.2) is 17.5 Å². The molecule has 0 aliphatic heterocycles. The van der Waals surface area contributed by atoms with Gasteiger partial charge in [0, 0.05) is 12.6 Å². The highest BCUT2D eigenvalue weighted by molar-refractivity contribution is 7.89. The third-order valence-electron chi connectivity index (χ3n) is 2.97. The van der Waals surface area contributed by atoms with E-state index in [9.17, 15) is 12.8 Å². The number of benzene rings is 1. The van der Waals surface area contributed by atoms with E-state index in [0.717, 1.165) is 5.56 Å². The van der Waals surface area contributed by atoms with Gasteiger partial charge in [-0.1, -0.05) is 19.9 Å². The molecule has 0 fully saturated rings. The van der Waals surface area contributed by atoms with E-state index in [1.807, 2.05) is 13.8 Å². The van der Waals surface area contributed by atoms with Crippen molar-refractivity contribution in [3.05, 3.63) is 29.6 Å². The number of hydrogen-bond donors (Lipinski definition) is 2. The van der Waals surface area contributed by atoms with E-state index in [-0.39, 0.29) is 10.9 Å². The van der Waals surface area contributed by atoms with Crippen LogP contribution in [0, 0.1) is 5.82 Å². The molecule has 1 rings (SSSR count). The van der Waals surface area contributed by atoms with Crippen molar-refractivity contribution >= 4 is 10.0 Å². The number of nitrogens with one attached hydrogen (secondary N) is 2. The van der Waals surface area contributed by atoms with E-state index < -0.39 is 15.8 Å². The van der Waals surface area contributed by atoms with Gasteiger partial charge in [0.2, 0.25) is 10.0 Å². The second-order valence-electron chi connectivity index (χ2n) is 4.43. The molecule has 0 aromatic heterocycles. The lowest BCUT2D eigenvalue weighted by atomic mass is 10.2. The van der Waals surface area contributed by atoms with Crippen molar-refractivity contribution in [3.63, 3.8) is 0 Å². The van der Waals surface area contributed by atoms with Gasteiger partial charge in [-0.15, -0.1) is 0 Å². The van der Waals surface area contributed by atoms with Crippen LogP contribution in [0.5, 0.6) is 0 Å². The standard InChI is InChI=1S/C13H21FN2O2S/c1-4-11(5-2)16-19(17,18)13-8-10(9-15-3)6-7-12(13)14/h6-8,11,15-16H,4-5,9H2,1-3H3. The molecule has 6 heteroatoms. The Balaban J connectivity index is 3.09. The van der Waals surface area contributed by atoms with E-state index in [1.165, 1.54) is 12.1 Å². The summed E-state index contributed by atoms with van der Waals surface area (Å²) in [5.74, 6) is -0.724. The monoisotopic (exact) mass is 288 g/mol. The fraction of sp³-hybridized carbons (Fsp3) is 0.538. The molecule has 4 nitrogen and oxygen atoms in total. The molecular weight excluding hydrogens is 267 g/mol. The molecule has 0 atom stereocenters. The van der Waals surface area contributed by atoms with Crippen molar-refractivity contribution in [2.45, 2.75) is 44.2 Å². The summed E-state index contributed by atoms with van der Waals surface area (Å²) in [7, 11) is -2.06. The Hall–Kier alpha value is -0.980. The first-order chi connectivity index (χ1) is 8.94. The van der Waals surface area contributed by atoms with Crippen LogP contribution < -0.4 is 10.0 Å². The smallest absolute Gasteiger partial charge is 0.243 e. The Morgan fingerprint density at radius 3 is 2.42 bits per heavy atom. The van der Waals surface area contributed by atoms with Crippen LogP contribution in [0.1, 0.15) is 32.3 Å². The molecule has 0 saturated carbocycles. The summed E-state index contributed by atoms with van der Waals surface area (Å²) >= 11 is 0. The fourth-order valence-corrected chi connectivity index (χ4v) is 3.34. The first-order valence-corrected chi connectivity index (χ1v) is 7.88. The van der Waals surface area contributed by atoms with Crippen molar-refractivity contribution in [1.82, 2.24) is 10.0 Å². The second-order valence-corrected chi connectivity index (χ2v) is 6.11. The van der Waals surface area contributed by atoms with Crippen LogP contribution in [-0.4, -0.2) is 21.5 Å². The molecule has 0 saturated heterocycles. The molecule has 0 spiro atoms. The van der Waals surface area contributed by atoms with Gasteiger partial charge in [-0.05, 0) is 37.6 Å². The number of hydrogen-bond acceptors (Lipinski definition) is 3. The molecule has 0 aliphatic rings. The minimum Gasteiger partial charge on any atom is -0.316 e. The summed E-state index contributed by atoms with van der Waals surface area (Å²) in [5.41, 5.74) is 0.730. The van der Waals surface area contributed by atoms with Crippen LogP contribution in [-0.2, 0) is 16.6 Å². The van der Waals surface area contributed by atoms with Crippen molar-refractivity contribution < 1.29 is 12.8 Å². The van der Waals surface area contributed by atoms with Crippen molar-refractivity contribution in [2.24, 2.45) is 0 Å². The average Bonchev–Trinajstić information content (AvgIpc) is 2.38. The minimum absolute atomic E-state index is 0.169. The van der Waals surface area contributed by atoms with Gasteiger partial charge in [0.1, 0.15) is 10.7 Å². The van der Waals surface area contributed by atoms with E-state index >= 15 is 0 Å². The summed E-state index contributed by atoms with van der Waals surface area (Å²) in [6.45, 7) is 4.28. The number of rotatable bonds is 7. The molecule has 19 heavy (non-hydrogen) atoms. The molecule has 0 radical (unpaired) electrons. The summed E-state index contributed by atoms with van der Waals surface area (Å²) in [6.07, 6.45) is 1.35. The number of halogens is 1. The van der Waals surface area contributed by atoms with Gasteiger partial charge in [0.15, 0.2) is 0 Å². The molecule has 1 aromatic rings. The Morgan fingerprint density at radius 1 is 1.26 bits per heavy atom. The normalized spacial score (nSPS) is 12.1. The minimum atomic E-state index is -3.81. The predicted octanol–water partition coefficient (Wildman–Crippen LogP) is 2.01. The average molecular weight is 288 g/mol. The molecule has 0 unspecified atom stereocenters. The summed E-state index contributed by atoms with van der Waals surface area (Å²) in [5, 5.41) is 2.91. The van der Waals surface area contributed by atoms with E-state index in [0.29, 0.717) is 19.4 Å². The zero-order valence-corrected chi connectivity index (χ0v) is 12.3. The molecular formula is C13H21FN2O2S. The predicted molar refractivity (Wildman–Crippen MR) is 73.9 cm³/mol. The summed E-state index contributed by atoms with van der Waals surface area (Å²) in [4.78, 5) is -0.285. The molecule has 0 amide bonds. The third kappa shape index (κ3) is 4.26. The van der Waals surface area contributed by atoms with Gasteiger partial charge in [-0.2, -0.15) is 0 Å². The topological polar surface area (TPSA) is 58.2 Å². The zero-order valence-electron chi connectivity index (χ0n) is 11.5. The van der Waals surface area contributed by atoms with Crippen LogP contribution in [0.3, 0.4) is 0 Å². The van der Waals surface area contributed by atoms with Crippen LogP contribution in [0.25, 0.3) is 0 Å². The second kappa shape index (κ2) is 6.98. The maximum absolute atomic E-state index is 13.7. The van der Waals surface area contributed by atoms with Crippen LogP contribution in [0.15, 0.2) is 23.1 Å². The Morgan fingerprint density at radius 2 is 1.89 bits per heavy atom. The largest absolute Gasteiger partial charge is 0.316 e. The van der Waals surface area contributed by atoms with Crippen molar-refractivity contribution in [3.8, 4) is 0 Å². The fourth-order valence-electron chi connectivity index (χ4n) is 1.81. The zero-order chi connectivity index (χ0) is 14.5. The molecule has 108 valence electrons. The van der Waals surface area contributed by atoms with Crippen LogP contribution in [0.4, 0.5) is 4.39 Å². The van der Waals surface area contributed by atoms with E-state index in [1.54, 1.807) is 13.1 Å². The van der Waals surface area contributed by atoms with Crippen molar-refractivity contribution in [1.29, 1.82) is 0 Å². The van der Waals surface area contributed by atoms with Gasteiger partial charge in [0.25, 0.3) is 0 Å². The van der Waals surface area contributed by atoms with Gasteiger partial charge >= 0.3 is 0 Å². The highest BCUT2D eigenvalue weighted by Crippen LogP contribution is 2.17. The van der Waals surface area contributed by atoms with Crippen LogP contribution in [0.2, 0.25) is 0 Å². The first kappa shape index (κ1) is 16.1. The quantitative estimate of drug-likeness (QED) is 0.807. The van der Waals surface area contributed by atoms with Gasteiger partial charge < -0.3 is 5.32 Å². The highest BCUT2D eigenvalue weighted by atomic mass is 32.2. The number of sulfonamides is 1. The third-order valence-corrected chi connectivity index (χ3v) is 4.51. The Bertz CT molecular complexity index is 513. The lowest BCUT2D eigenvalue weighted by Gasteiger charge is -2.16. The van der Waals surface area contributed by atoms with Gasteiger partial charge in [-0.3, -0.25) is 0 Å². The Kier molecular flexibility index (Phi) is 5.90. The lowest BCUT2D eigenvalue weighted by molar-refractivity contribution is 0.520. The maximum Gasteiger partial charge on any atom is 0.243 e. The SMILES string of the molecule is CCC(CC)NS(=O)(=O)c1cc(CNC)ccc1F. The Labute approximate surface area is 114 Å². The summed E-state index contributed by atoms with van der Waals surface area (Å²) in [6, 6.07) is 3.96. The summed E-state index contributed by atoms with van der Waals surface area (Å²) < 4.78 is 40.6. The van der Waals surface area contributed by atoms with Crippen molar-refractivity contribution in [2.75, 3.05) is 7.05 Å². The first-order valence-electron chi connectivity index (χ1n) is 6.40. The van der Waals surface area contributed by atoms with E-state index in [2.05, 4.69) is 10.0 Å². The highest BCUT2D eigenvalue weighted by Gasteiger charge is 2.22. The van der Waals surface area contributed by atoms with Gasteiger partial charge in [0.05, 0.1) is 0 Å². The maximum atomic E-state index is 13.7. The molecule has 0 aliphatic carbocycles. The molecule has 0 bridgehead atoms.